The van der Waals surface area contributed by atoms with Gasteiger partial charge in [-0.05, 0) is 31.9 Å². The highest BCUT2D eigenvalue weighted by atomic mass is 35.5. The van der Waals surface area contributed by atoms with Crippen LogP contribution >= 0.6 is 23.2 Å². The van der Waals surface area contributed by atoms with E-state index in [9.17, 15) is 4.79 Å². The largest absolute Gasteiger partial charge is 0.356 e. The number of piperidine rings is 1. The maximum Gasteiger partial charge on any atom is 0.224 e. The molecule has 1 N–H and O–H groups in total. The number of nitrogens with zero attached hydrogens (tertiary/aromatic N) is 3. The van der Waals surface area contributed by atoms with Gasteiger partial charge in [0, 0.05) is 32.0 Å². The lowest BCUT2D eigenvalue weighted by atomic mass is 9.97. The van der Waals surface area contributed by atoms with Crippen molar-refractivity contribution in [3.8, 4) is 0 Å². The molecule has 7 heteroatoms. The summed E-state index contributed by atoms with van der Waals surface area (Å²) >= 11 is 12.3. The summed E-state index contributed by atoms with van der Waals surface area (Å²) in [5.74, 6) is 0.253. The van der Waals surface area contributed by atoms with Crippen LogP contribution in [0.3, 0.4) is 0 Å². The molecule has 1 aliphatic heterocycles. The Bertz CT molecular complexity index is 746. The molecule has 0 radical (unpaired) electrons. The minimum absolute atomic E-state index is 0.0701. The van der Waals surface area contributed by atoms with Gasteiger partial charge >= 0.3 is 0 Å². The number of nitrogens with one attached hydrogen (secondary N) is 1. The number of amides is 1. The van der Waals surface area contributed by atoms with Gasteiger partial charge in [-0.1, -0.05) is 36.5 Å². The molecule has 2 aromatic rings. The number of aromatic nitrogens is 2. The fourth-order valence-electron chi connectivity index (χ4n) is 3.33. The second-order valence-corrected chi connectivity index (χ2v) is 7.53. The Morgan fingerprint density at radius 3 is 3.04 bits per heavy atom. The summed E-state index contributed by atoms with van der Waals surface area (Å²) in [6, 6.07) is 1.70. The standard InChI is InChI=1S/C18H24Cl2N4O/c1-2-3-6-21-18(25)13-5-4-7-23(9-13)11-15-12-24-10-14(19)8-16(20)17(24)22-15/h8,10,12-13H,2-7,9,11H2,1H3,(H,21,25). The molecule has 1 fully saturated rings. The van der Waals surface area contributed by atoms with Crippen molar-refractivity contribution < 1.29 is 4.79 Å². The highest BCUT2D eigenvalue weighted by Gasteiger charge is 2.26. The Hall–Kier alpha value is -1.30. The number of unbranched alkanes of at least 4 members (excludes halogenated alkanes) is 1. The van der Waals surface area contributed by atoms with Crippen molar-refractivity contribution in [3.05, 3.63) is 34.2 Å². The van der Waals surface area contributed by atoms with E-state index in [1.165, 1.54) is 0 Å². The number of hydrogen-bond donors (Lipinski definition) is 1. The Kier molecular flexibility index (Phi) is 6.20. The topological polar surface area (TPSA) is 49.6 Å². The first-order valence-electron chi connectivity index (χ1n) is 8.89. The second-order valence-electron chi connectivity index (χ2n) is 6.69. The Morgan fingerprint density at radius 1 is 1.40 bits per heavy atom. The van der Waals surface area contributed by atoms with Crippen molar-refractivity contribution in [2.45, 2.75) is 39.2 Å². The van der Waals surface area contributed by atoms with Crippen LogP contribution in [0.4, 0.5) is 0 Å². The van der Waals surface area contributed by atoms with Gasteiger partial charge < -0.3 is 9.72 Å². The van der Waals surface area contributed by atoms with Crippen molar-refractivity contribution in [2.24, 2.45) is 5.92 Å². The zero-order valence-corrected chi connectivity index (χ0v) is 16.0. The normalized spacial score (nSPS) is 18.6. The first-order chi connectivity index (χ1) is 12.1. The zero-order valence-electron chi connectivity index (χ0n) is 14.5. The van der Waals surface area contributed by atoms with Crippen LogP contribution < -0.4 is 5.32 Å². The van der Waals surface area contributed by atoms with Gasteiger partial charge in [0.15, 0.2) is 5.65 Å². The van der Waals surface area contributed by atoms with Gasteiger partial charge in [0.05, 0.1) is 21.7 Å². The van der Waals surface area contributed by atoms with E-state index in [1.807, 2.05) is 10.6 Å². The van der Waals surface area contributed by atoms with Gasteiger partial charge in [0.2, 0.25) is 5.91 Å². The lowest BCUT2D eigenvalue weighted by Gasteiger charge is -2.31. The summed E-state index contributed by atoms with van der Waals surface area (Å²) in [6.45, 7) is 5.39. The smallest absolute Gasteiger partial charge is 0.224 e. The molecule has 25 heavy (non-hydrogen) atoms. The molecule has 1 saturated heterocycles. The molecule has 1 atom stereocenters. The van der Waals surface area contributed by atoms with Crippen LogP contribution in [0.25, 0.3) is 5.65 Å². The highest BCUT2D eigenvalue weighted by Crippen LogP contribution is 2.23. The number of likely N-dealkylation sites (tertiary alicyclic amines) is 1. The van der Waals surface area contributed by atoms with E-state index >= 15 is 0 Å². The molecule has 0 saturated carbocycles. The highest BCUT2D eigenvalue weighted by molar-refractivity contribution is 6.36. The van der Waals surface area contributed by atoms with Crippen LogP contribution in [0, 0.1) is 5.92 Å². The van der Waals surface area contributed by atoms with E-state index < -0.39 is 0 Å². The summed E-state index contributed by atoms with van der Waals surface area (Å²) in [5, 5.41) is 4.19. The zero-order chi connectivity index (χ0) is 17.8. The summed E-state index contributed by atoms with van der Waals surface area (Å²) in [6.07, 6.45) is 7.88. The fraction of sp³-hybridized carbons (Fsp3) is 0.556. The van der Waals surface area contributed by atoms with Crippen LogP contribution in [-0.2, 0) is 11.3 Å². The van der Waals surface area contributed by atoms with Crippen LogP contribution in [-0.4, -0.2) is 39.8 Å². The summed E-state index contributed by atoms with van der Waals surface area (Å²) in [5.41, 5.74) is 1.66. The number of imidazole rings is 1. The quantitative estimate of drug-likeness (QED) is 0.773. The molecule has 2 aromatic heterocycles. The maximum absolute atomic E-state index is 12.3. The number of hydrogen-bond acceptors (Lipinski definition) is 3. The predicted molar refractivity (Wildman–Crippen MR) is 101 cm³/mol. The average Bonchev–Trinajstić information content (AvgIpc) is 2.98. The van der Waals surface area contributed by atoms with Gasteiger partial charge in [0.1, 0.15) is 0 Å². The third kappa shape index (κ3) is 4.66. The van der Waals surface area contributed by atoms with Gasteiger partial charge in [0.25, 0.3) is 0 Å². The molecular formula is C18H24Cl2N4O. The Morgan fingerprint density at radius 2 is 2.24 bits per heavy atom. The Balaban J connectivity index is 1.62. The molecular weight excluding hydrogens is 359 g/mol. The SMILES string of the molecule is CCCCNC(=O)C1CCCN(Cc2cn3cc(Cl)cc(Cl)c3n2)C1. The molecule has 5 nitrogen and oxygen atoms in total. The van der Waals surface area contributed by atoms with Crippen LogP contribution in [0.1, 0.15) is 38.3 Å². The fourth-order valence-corrected chi connectivity index (χ4v) is 3.85. The molecule has 136 valence electrons. The summed E-state index contributed by atoms with van der Waals surface area (Å²) < 4.78 is 1.86. The number of fused-ring (bicyclic) bond motifs is 1. The van der Waals surface area contributed by atoms with E-state index in [2.05, 4.69) is 22.1 Å². The predicted octanol–water partition coefficient (Wildman–Crippen LogP) is 3.77. The minimum atomic E-state index is 0.0701. The minimum Gasteiger partial charge on any atom is -0.356 e. The monoisotopic (exact) mass is 382 g/mol. The molecule has 1 unspecified atom stereocenters. The maximum atomic E-state index is 12.3. The third-order valence-corrected chi connectivity index (χ3v) is 5.10. The number of carbonyl (C=O) groups excluding carboxylic acids is 1. The molecule has 3 heterocycles. The van der Waals surface area contributed by atoms with E-state index in [4.69, 9.17) is 23.2 Å². The van der Waals surface area contributed by atoms with Crippen molar-refractivity contribution >= 4 is 34.8 Å². The van der Waals surface area contributed by atoms with Crippen molar-refractivity contribution in [2.75, 3.05) is 19.6 Å². The van der Waals surface area contributed by atoms with Crippen molar-refractivity contribution in [1.29, 1.82) is 0 Å². The van der Waals surface area contributed by atoms with E-state index in [-0.39, 0.29) is 11.8 Å². The molecule has 1 aliphatic rings. The molecule has 0 aliphatic carbocycles. The first-order valence-corrected chi connectivity index (χ1v) is 9.65. The van der Waals surface area contributed by atoms with E-state index in [0.29, 0.717) is 22.2 Å². The third-order valence-electron chi connectivity index (χ3n) is 4.61. The summed E-state index contributed by atoms with van der Waals surface area (Å²) in [7, 11) is 0. The lowest BCUT2D eigenvalue weighted by molar-refractivity contribution is -0.126. The van der Waals surface area contributed by atoms with Crippen LogP contribution in [0.5, 0.6) is 0 Å². The summed E-state index contributed by atoms with van der Waals surface area (Å²) in [4.78, 5) is 19.2. The van der Waals surface area contributed by atoms with Gasteiger partial charge in [-0.25, -0.2) is 4.98 Å². The number of halogens is 2. The number of pyridine rings is 1. The number of rotatable bonds is 6. The van der Waals surface area contributed by atoms with E-state index in [1.54, 1.807) is 12.3 Å². The molecule has 3 rings (SSSR count). The molecule has 0 bridgehead atoms. The van der Waals surface area contributed by atoms with E-state index in [0.717, 1.165) is 51.0 Å². The molecule has 0 aromatic carbocycles. The number of carbonyl (C=O) groups is 1. The molecule has 0 spiro atoms. The Labute approximate surface area is 158 Å². The van der Waals surface area contributed by atoms with Crippen LogP contribution in [0.15, 0.2) is 18.5 Å². The van der Waals surface area contributed by atoms with Crippen LogP contribution in [0.2, 0.25) is 10.0 Å². The van der Waals surface area contributed by atoms with Gasteiger partial charge in [-0.2, -0.15) is 0 Å². The van der Waals surface area contributed by atoms with Gasteiger partial charge in [-0.3, -0.25) is 9.69 Å². The average molecular weight is 383 g/mol. The first kappa shape index (κ1) is 18.5. The lowest BCUT2D eigenvalue weighted by Crippen LogP contribution is -2.42. The molecule has 1 amide bonds. The van der Waals surface area contributed by atoms with Gasteiger partial charge in [-0.15, -0.1) is 0 Å². The van der Waals surface area contributed by atoms with Crippen molar-refractivity contribution in [1.82, 2.24) is 19.6 Å². The van der Waals surface area contributed by atoms with Crippen molar-refractivity contribution in [3.63, 3.8) is 0 Å². The second kappa shape index (κ2) is 8.39.